The predicted octanol–water partition coefficient (Wildman–Crippen LogP) is 4.10. The molecule has 0 radical (unpaired) electrons. The summed E-state index contributed by atoms with van der Waals surface area (Å²) in [6, 6.07) is 0. The van der Waals surface area contributed by atoms with Gasteiger partial charge in [0.1, 0.15) is 6.61 Å². The van der Waals surface area contributed by atoms with Crippen LogP contribution >= 0.6 is 0 Å². The summed E-state index contributed by atoms with van der Waals surface area (Å²) in [5.74, 6) is -1.17. The van der Waals surface area contributed by atoms with Gasteiger partial charge in [0.2, 0.25) is 5.78 Å². The molecule has 0 atom stereocenters. The molecule has 0 fully saturated rings. The monoisotopic (exact) mass is 369 g/mol. The summed E-state index contributed by atoms with van der Waals surface area (Å²) in [6.45, 7) is 2.07. The van der Waals surface area contributed by atoms with Crippen LogP contribution in [0.3, 0.4) is 0 Å². The molecule has 0 aliphatic carbocycles. The summed E-state index contributed by atoms with van der Waals surface area (Å²) < 4.78 is 0. The summed E-state index contributed by atoms with van der Waals surface area (Å²) in [4.78, 5) is 34.2. The van der Waals surface area contributed by atoms with Crippen LogP contribution in [0.2, 0.25) is 0 Å². The Morgan fingerprint density at radius 2 is 1.19 bits per heavy atom. The minimum atomic E-state index is -0.551. The van der Waals surface area contributed by atoms with Crippen molar-refractivity contribution in [1.29, 1.82) is 0 Å². The second-order valence-electron chi connectivity index (χ2n) is 7.12. The van der Waals surface area contributed by atoms with Crippen molar-refractivity contribution in [3.05, 3.63) is 0 Å². The van der Waals surface area contributed by atoms with Gasteiger partial charge in [-0.3, -0.25) is 14.4 Å². The lowest BCUT2D eigenvalue weighted by Crippen LogP contribution is -2.31. The van der Waals surface area contributed by atoms with Crippen LogP contribution < -0.4 is 5.32 Å². The topological polar surface area (TPSA) is 83.5 Å². The summed E-state index contributed by atoms with van der Waals surface area (Å²) in [7, 11) is 0. The summed E-state index contributed by atoms with van der Waals surface area (Å²) in [5.41, 5.74) is 0. The molecule has 152 valence electrons. The van der Waals surface area contributed by atoms with Crippen molar-refractivity contribution < 1.29 is 19.5 Å². The van der Waals surface area contributed by atoms with Crippen LogP contribution in [0, 0.1) is 0 Å². The fourth-order valence-electron chi connectivity index (χ4n) is 2.91. The van der Waals surface area contributed by atoms with Gasteiger partial charge in [-0.15, -0.1) is 0 Å². The summed E-state index contributed by atoms with van der Waals surface area (Å²) >= 11 is 0. The normalized spacial score (nSPS) is 10.7. The molecule has 1 amide bonds. The molecule has 0 aromatic rings. The molecule has 0 aromatic heterocycles. The van der Waals surface area contributed by atoms with Crippen molar-refractivity contribution in [3.8, 4) is 0 Å². The minimum Gasteiger partial charge on any atom is -0.389 e. The molecule has 0 rings (SSSR count). The number of Topliss-reactive ketones (excluding diaryl/α,β-unsaturated/α-hetero) is 2. The number of carbonyl (C=O) groups excluding carboxylic acids is 3. The molecule has 5 nitrogen and oxygen atoms in total. The SMILES string of the molecule is CCCCCCCCCCCCCCC(=O)C(=O)NCCCC(=O)CO. The second-order valence-corrected chi connectivity index (χ2v) is 7.12. The van der Waals surface area contributed by atoms with Crippen LogP contribution in [0.15, 0.2) is 0 Å². The molecule has 0 saturated carbocycles. The lowest BCUT2D eigenvalue weighted by Gasteiger charge is -2.04. The number of hydrogen-bond donors (Lipinski definition) is 2. The van der Waals surface area contributed by atoms with Gasteiger partial charge < -0.3 is 10.4 Å². The highest BCUT2D eigenvalue weighted by atomic mass is 16.3. The maximum atomic E-state index is 11.7. The van der Waals surface area contributed by atoms with Crippen molar-refractivity contribution in [3.63, 3.8) is 0 Å². The Labute approximate surface area is 159 Å². The molecule has 0 unspecified atom stereocenters. The minimum absolute atomic E-state index is 0.226. The van der Waals surface area contributed by atoms with Gasteiger partial charge in [-0.2, -0.15) is 0 Å². The van der Waals surface area contributed by atoms with Crippen LogP contribution in [0.5, 0.6) is 0 Å². The largest absolute Gasteiger partial charge is 0.389 e. The van der Waals surface area contributed by atoms with Crippen LogP contribution in [0.4, 0.5) is 0 Å². The average molecular weight is 370 g/mol. The summed E-state index contributed by atoms with van der Waals surface area (Å²) in [6.07, 6.45) is 15.8. The van der Waals surface area contributed by atoms with Crippen LogP contribution in [0.25, 0.3) is 0 Å². The molecule has 0 heterocycles. The molecule has 2 N–H and O–H groups in total. The molecular weight excluding hydrogens is 330 g/mol. The lowest BCUT2D eigenvalue weighted by atomic mass is 10.0. The van der Waals surface area contributed by atoms with E-state index < -0.39 is 12.5 Å². The van der Waals surface area contributed by atoms with Crippen molar-refractivity contribution in [2.24, 2.45) is 0 Å². The van der Waals surface area contributed by atoms with Gasteiger partial charge >= 0.3 is 0 Å². The molecule has 26 heavy (non-hydrogen) atoms. The van der Waals surface area contributed by atoms with Crippen LogP contribution in [-0.4, -0.2) is 35.7 Å². The third-order valence-corrected chi connectivity index (χ3v) is 4.60. The Hall–Kier alpha value is -1.23. The van der Waals surface area contributed by atoms with E-state index in [4.69, 9.17) is 5.11 Å². The number of aliphatic hydroxyl groups is 1. The van der Waals surface area contributed by atoms with Gasteiger partial charge in [-0.05, 0) is 12.8 Å². The van der Waals surface area contributed by atoms with E-state index in [1.54, 1.807) is 0 Å². The predicted molar refractivity (Wildman–Crippen MR) is 105 cm³/mol. The maximum absolute atomic E-state index is 11.7. The molecule has 0 aliphatic rings. The first-order chi connectivity index (χ1) is 12.6. The number of aliphatic hydroxyl groups excluding tert-OH is 1. The number of rotatable bonds is 19. The molecule has 0 saturated heterocycles. The van der Waals surface area contributed by atoms with Gasteiger partial charge in [0.05, 0.1) is 0 Å². The maximum Gasteiger partial charge on any atom is 0.287 e. The fraction of sp³-hybridized carbons (Fsp3) is 0.857. The highest BCUT2D eigenvalue weighted by molar-refractivity contribution is 6.36. The molecule has 5 heteroatoms. The Morgan fingerprint density at radius 1 is 0.692 bits per heavy atom. The number of hydrogen-bond acceptors (Lipinski definition) is 4. The smallest absolute Gasteiger partial charge is 0.287 e. The van der Waals surface area contributed by atoms with Gasteiger partial charge in [0.15, 0.2) is 5.78 Å². The van der Waals surface area contributed by atoms with E-state index in [9.17, 15) is 14.4 Å². The quantitative estimate of drug-likeness (QED) is 0.265. The third-order valence-electron chi connectivity index (χ3n) is 4.60. The first-order valence-corrected chi connectivity index (χ1v) is 10.5. The Balaban J connectivity index is 3.37. The first kappa shape index (κ1) is 24.8. The Morgan fingerprint density at radius 3 is 1.69 bits per heavy atom. The van der Waals surface area contributed by atoms with Crippen LogP contribution in [-0.2, 0) is 14.4 Å². The van der Waals surface area contributed by atoms with Gasteiger partial charge in [-0.25, -0.2) is 0 Å². The zero-order valence-corrected chi connectivity index (χ0v) is 16.7. The molecule has 0 aliphatic heterocycles. The van der Waals surface area contributed by atoms with E-state index >= 15 is 0 Å². The summed E-state index contributed by atoms with van der Waals surface area (Å²) in [5, 5.41) is 11.1. The van der Waals surface area contributed by atoms with Crippen molar-refractivity contribution >= 4 is 17.5 Å². The highest BCUT2D eigenvalue weighted by Gasteiger charge is 2.12. The number of nitrogens with one attached hydrogen (secondary N) is 1. The molecular formula is C21H39NO4. The van der Waals surface area contributed by atoms with E-state index in [2.05, 4.69) is 12.2 Å². The second kappa shape index (κ2) is 18.6. The van der Waals surface area contributed by atoms with E-state index in [1.165, 1.54) is 57.8 Å². The number of ketones is 2. The van der Waals surface area contributed by atoms with Gasteiger partial charge in [0, 0.05) is 19.4 Å². The zero-order chi connectivity index (χ0) is 19.5. The lowest BCUT2D eigenvalue weighted by molar-refractivity contribution is -0.138. The molecule has 0 bridgehead atoms. The number of unbranched alkanes of at least 4 members (excludes halogenated alkanes) is 11. The van der Waals surface area contributed by atoms with Gasteiger partial charge in [-0.1, -0.05) is 77.6 Å². The fourth-order valence-corrected chi connectivity index (χ4v) is 2.91. The van der Waals surface area contributed by atoms with Crippen molar-refractivity contribution in [2.45, 2.75) is 103 Å². The zero-order valence-electron chi connectivity index (χ0n) is 16.7. The molecule has 0 aromatic carbocycles. The van der Waals surface area contributed by atoms with Crippen LogP contribution in [0.1, 0.15) is 103 Å². The Bertz CT molecular complexity index is 382. The number of carbonyl (C=O) groups is 3. The molecule has 0 spiro atoms. The van der Waals surface area contributed by atoms with Gasteiger partial charge in [0.25, 0.3) is 5.91 Å². The third kappa shape index (κ3) is 16.2. The Kier molecular flexibility index (Phi) is 17.7. The standard InChI is InChI=1S/C21H39NO4/c1-2-3-4-5-6-7-8-9-10-11-12-13-16-20(25)21(26)22-17-14-15-19(24)18-23/h23H,2-18H2,1H3,(H,22,26). The van der Waals surface area contributed by atoms with E-state index in [-0.39, 0.29) is 18.0 Å². The average Bonchev–Trinajstić information content (AvgIpc) is 2.65. The first-order valence-electron chi connectivity index (χ1n) is 10.5. The number of amides is 1. The van der Waals surface area contributed by atoms with Crippen molar-refractivity contribution in [2.75, 3.05) is 13.2 Å². The van der Waals surface area contributed by atoms with Crippen molar-refractivity contribution in [1.82, 2.24) is 5.32 Å². The highest BCUT2D eigenvalue weighted by Crippen LogP contribution is 2.12. The van der Waals surface area contributed by atoms with E-state index in [0.29, 0.717) is 19.4 Å². The van der Waals surface area contributed by atoms with E-state index in [1.807, 2.05) is 0 Å². The van der Waals surface area contributed by atoms with E-state index in [0.717, 1.165) is 19.3 Å².